The number of nitrogens with zero attached hydrogens (tertiary/aromatic N) is 3. The zero-order chi connectivity index (χ0) is 18.4. The van der Waals surface area contributed by atoms with Crippen molar-refractivity contribution >= 4 is 40.1 Å². The lowest BCUT2D eigenvalue weighted by atomic mass is 10.3. The number of hydrogen-bond donors (Lipinski definition) is 0. The van der Waals surface area contributed by atoms with Gasteiger partial charge >= 0.3 is 5.97 Å². The molecule has 0 aliphatic carbocycles. The molecule has 0 aliphatic heterocycles. The zero-order valence-electron chi connectivity index (χ0n) is 13.4. The molecular weight excluding hydrogens is 372 g/mol. The number of esters is 1. The van der Waals surface area contributed by atoms with E-state index < -0.39 is 11.7 Å². The molecular formula is C15H15F2N3O3S2. The van der Waals surface area contributed by atoms with Gasteiger partial charge in [-0.2, -0.15) is 8.78 Å². The van der Waals surface area contributed by atoms with Crippen molar-refractivity contribution in [1.29, 1.82) is 0 Å². The lowest BCUT2D eigenvalue weighted by Crippen LogP contribution is -2.27. The fraction of sp³-hybridized carbons (Fsp3) is 0.333. The fourth-order valence-electron chi connectivity index (χ4n) is 1.92. The first-order chi connectivity index (χ1) is 11.9. The number of carbonyl (C=O) groups excluding carboxylic acids is 2. The van der Waals surface area contributed by atoms with Crippen molar-refractivity contribution in [2.24, 2.45) is 0 Å². The third kappa shape index (κ3) is 5.20. The van der Waals surface area contributed by atoms with Gasteiger partial charge in [0.1, 0.15) is 11.6 Å². The predicted molar refractivity (Wildman–Crippen MR) is 91.0 cm³/mol. The Labute approximate surface area is 151 Å². The Hall–Kier alpha value is -2.07. The molecule has 0 spiro atoms. The van der Waals surface area contributed by atoms with Crippen LogP contribution in [0.25, 0.3) is 0 Å². The Kier molecular flexibility index (Phi) is 6.82. The Morgan fingerprint density at radius 1 is 1.44 bits per heavy atom. The Morgan fingerprint density at radius 2 is 2.20 bits per heavy atom. The van der Waals surface area contributed by atoms with Crippen molar-refractivity contribution in [2.75, 3.05) is 11.4 Å². The van der Waals surface area contributed by atoms with Gasteiger partial charge in [-0.1, -0.05) is 0 Å². The van der Waals surface area contributed by atoms with E-state index in [2.05, 4.69) is 9.97 Å². The number of alkyl halides is 2. The van der Waals surface area contributed by atoms with Crippen LogP contribution in [-0.2, 0) is 16.1 Å². The molecule has 6 nitrogen and oxygen atoms in total. The number of pyridine rings is 1. The average Bonchev–Trinajstić information content (AvgIpc) is 3.01. The lowest BCUT2D eigenvalue weighted by molar-refractivity contribution is -0.116. The largest absolute Gasteiger partial charge is 0.455 e. The maximum atomic E-state index is 12.5. The van der Waals surface area contributed by atoms with Crippen molar-refractivity contribution in [1.82, 2.24) is 9.97 Å². The molecule has 0 atom stereocenters. The molecule has 0 N–H and O–H groups in total. The summed E-state index contributed by atoms with van der Waals surface area (Å²) >= 11 is 1.44. The monoisotopic (exact) mass is 387 g/mol. The van der Waals surface area contributed by atoms with Crippen LogP contribution in [-0.4, -0.2) is 34.1 Å². The summed E-state index contributed by atoms with van der Waals surface area (Å²) in [5, 5.41) is 2.10. The molecule has 1 amide bonds. The van der Waals surface area contributed by atoms with Crippen LogP contribution < -0.4 is 4.90 Å². The van der Waals surface area contributed by atoms with Gasteiger partial charge < -0.3 is 4.74 Å². The molecule has 0 saturated heterocycles. The zero-order valence-corrected chi connectivity index (χ0v) is 15.1. The number of ether oxygens (including phenoxy) is 1. The molecule has 0 aromatic carbocycles. The highest BCUT2D eigenvalue weighted by molar-refractivity contribution is 7.99. The van der Waals surface area contributed by atoms with Crippen molar-refractivity contribution in [3.63, 3.8) is 0 Å². The summed E-state index contributed by atoms with van der Waals surface area (Å²) in [5.74, 6) is -3.58. The number of thioether (sulfide) groups is 1. The maximum absolute atomic E-state index is 12.5. The van der Waals surface area contributed by atoms with E-state index >= 15 is 0 Å². The summed E-state index contributed by atoms with van der Waals surface area (Å²) in [6.45, 7) is 3.62. The molecule has 10 heteroatoms. The van der Waals surface area contributed by atoms with Crippen LogP contribution in [0.1, 0.15) is 29.9 Å². The highest BCUT2D eigenvalue weighted by Crippen LogP contribution is 2.27. The van der Waals surface area contributed by atoms with Crippen LogP contribution in [0.4, 0.5) is 13.9 Å². The number of amides is 1. The number of aromatic nitrogens is 2. The van der Waals surface area contributed by atoms with Gasteiger partial charge in [-0.25, -0.2) is 14.8 Å². The Morgan fingerprint density at radius 3 is 2.84 bits per heavy atom. The SMILES string of the molecule is CCN(C(C)=O)c1nc(COC(=O)c2cccnc2SC(F)F)cs1. The van der Waals surface area contributed by atoms with E-state index in [-0.39, 0.29) is 34.9 Å². The summed E-state index contributed by atoms with van der Waals surface area (Å²) in [6, 6.07) is 2.85. The highest BCUT2D eigenvalue weighted by Gasteiger charge is 2.19. The number of halogens is 2. The highest BCUT2D eigenvalue weighted by atomic mass is 32.2. The first kappa shape index (κ1) is 19.3. The number of carbonyl (C=O) groups is 2. The topological polar surface area (TPSA) is 72.4 Å². The molecule has 2 rings (SSSR count). The fourth-order valence-corrected chi connectivity index (χ4v) is 3.41. The van der Waals surface area contributed by atoms with Gasteiger partial charge in [0.15, 0.2) is 5.13 Å². The van der Waals surface area contributed by atoms with E-state index in [9.17, 15) is 18.4 Å². The standard InChI is InChI=1S/C15H15F2N3O3S2/c1-3-20(9(2)21)15-19-10(8-24-15)7-23-13(22)11-5-4-6-18-12(11)25-14(16)17/h4-6,8,14H,3,7H2,1-2H3. The Bertz CT molecular complexity index is 755. The van der Waals surface area contributed by atoms with Gasteiger partial charge in [0.05, 0.1) is 11.3 Å². The van der Waals surface area contributed by atoms with Crippen molar-refractivity contribution in [3.8, 4) is 0 Å². The third-order valence-electron chi connectivity index (χ3n) is 3.01. The van der Waals surface area contributed by atoms with Crippen LogP contribution in [0.5, 0.6) is 0 Å². The molecule has 2 aromatic heterocycles. The molecule has 0 radical (unpaired) electrons. The number of thiazole rings is 1. The average molecular weight is 387 g/mol. The van der Waals surface area contributed by atoms with Crippen molar-refractivity contribution in [3.05, 3.63) is 35.0 Å². The molecule has 0 bridgehead atoms. The second kappa shape index (κ2) is 8.86. The predicted octanol–water partition coefficient (Wildman–Crippen LogP) is 3.58. The second-order valence-electron chi connectivity index (χ2n) is 4.70. The molecule has 0 unspecified atom stereocenters. The van der Waals surface area contributed by atoms with Crippen LogP contribution in [0.2, 0.25) is 0 Å². The minimum atomic E-state index is -2.69. The first-order valence-electron chi connectivity index (χ1n) is 7.21. The lowest BCUT2D eigenvalue weighted by Gasteiger charge is -2.14. The van der Waals surface area contributed by atoms with E-state index in [4.69, 9.17) is 4.74 Å². The van der Waals surface area contributed by atoms with Gasteiger partial charge in [-0.15, -0.1) is 11.3 Å². The number of rotatable bonds is 7. The quantitative estimate of drug-likeness (QED) is 0.534. The van der Waals surface area contributed by atoms with E-state index in [0.717, 1.165) is 0 Å². The molecule has 0 saturated carbocycles. The van der Waals surface area contributed by atoms with E-state index in [1.165, 1.54) is 41.5 Å². The molecule has 0 fully saturated rings. The van der Waals surface area contributed by atoms with Crippen LogP contribution >= 0.6 is 23.1 Å². The summed E-state index contributed by atoms with van der Waals surface area (Å²) in [7, 11) is 0. The summed E-state index contributed by atoms with van der Waals surface area (Å²) in [4.78, 5) is 33.1. The summed E-state index contributed by atoms with van der Waals surface area (Å²) in [5.41, 5.74) is 0.446. The maximum Gasteiger partial charge on any atom is 0.341 e. The van der Waals surface area contributed by atoms with E-state index in [0.29, 0.717) is 17.4 Å². The molecule has 25 heavy (non-hydrogen) atoms. The normalized spacial score (nSPS) is 10.8. The van der Waals surface area contributed by atoms with Crippen molar-refractivity contribution < 1.29 is 23.1 Å². The summed E-state index contributed by atoms with van der Waals surface area (Å²) in [6.07, 6.45) is 1.33. The van der Waals surface area contributed by atoms with E-state index in [1.54, 1.807) is 5.38 Å². The molecule has 134 valence electrons. The van der Waals surface area contributed by atoms with Crippen LogP contribution in [0.15, 0.2) is 28.7 Å². The minimum absolute atomic E-state index is 0.0258. The summed E-state index contributed by atoms with van der Waals surface area (Å²) < 4.78 is 30.2. The minimum Gasteiger partial charge on any atom is -0.455 e. The first-order valence-corrected chi connectivity index (χ1v) is 8.97. The van der Waals surface area contributed by atoms with Gasteiger partial charge in [-0.05, 0) is 30.8 Å². The van der Waals surface area contributed by atoms with Crippen molar-refractivity contribution in [2.45, 2.75) is 31.2 Å². The number of hydrogen-bond acceptors (Lipinski definition) is 7. The Balaban J connectivity index is 2.04. The number of anilines is 1. The van der Waals surface area contributed by atoms with Crippen LogP contribution in [0, 0.1) is 0 Å². The molecule has 0 aliphatic rings. The van der Waals surface area contributed by atoms with Gasteiger partial charge in [-0.3, -0.25) is 9.69 Å². The third-order valence-corrected chi connectivity index (χ3v) is 4.65. The van der Waals surface area contributed by atoms with E-state index in [1.807, 2.05) is 6.92 Å². The van der Waals surface area contributed by atoms with Gasteiger partial charge in [0, 0.05) is 25.0 Å². The van der Waals surface area contributed by atoms with Gasteiger partial charge in [0.2, 0.25) is 5.91 Å². The smallest absolute Gasteiger partial charge is 0.341 e. The van der Waals surface area contributed by atoms with Gasteiger partial charge in [0.25, 0.3) is 5.76 Å². The van der Waals surface area contributed by atoms with Crippen LogP contribution in [0.3, 0.4) is 0 Å². The molecule has 2 heterocycles. The second-order valence-corrected chi connectivity index (χ2v) is 6.51. The molecule has 2 aromatic rings.